The number of hydrogen-bond acceptors (Lipinski definition) is 3. The van der Waals surface area contributed by atoms with E-state index >= 15 is 0 Å². The van der Waals surface area contributed by atoms with Crippen LogP contribution in [0.15, 0.2) is 27.6 Å². The number of aryl methyl sites for hydroxylation is 1. The summed E-state index contributed by atoms with van der Waals surface area (Å²) in [5.74, 6) is 0. The summed E-state index contributed by atoms with van der Waals surface area (Å²) in [6.45, 7) is 4.95. The van der Waals surface area contributed by atoms with Crippen LogP contribution in [0.4, 0.5) is 0 Å². The molecule has 0 aliphatic heterocycles. The second kappa shape index (κ2) is 5.28. The van der Waals surface area contributed by atoms with Crippen molar-refractivity contribution in [3.05, 3.63) is 28.2 Å². The van der Waals surface area contributed by atoms with Gasteiger partial charge in [0, 0.05) is 11.5 Å². The summed E-state index contributed by atoms with van der Waals surface area (Å²) in [5.41, 5.74) is 0.0195. The van der Waals surface area contributed by atoms with Gasteiger partial charge in [0.25, 0.3) is 0 Å². The first-order chi connectivity index (χ1) is 8.13. The normalized spacial score (nSPS) is 13.1. The molecule has 0 unspecified atom stereocenters. The summed E-state index contributed by atoms with van der Waals surface area (Å²) in [6, 6.07) is 4.88. The minimum atomic E-state index is -3.60. The minimum Gasteiger partial charge on any atom is -0.394 e. The zero-order chi connectivity index (χ0) is 14.1. The lowest BCUT2D eigenvalue weighted by molar-refractivity contribution is 0.138. The fraction of sp³-hybridized carbons (Fsp3) is 0.500. The van der Waals surface area contributed by atoms with Crippen molar-refractivity contribution in [1.29, 1.82) is 0 Å². The first-order valence-electron chi connectivity index (χ1n) is 5.49. The predicted octanol–water partition coefficient (Wildman–Crippen LogP) is 2.15. The summed E-state index contributed by atoms with van der Waals surface area (Å²) in [6.07, 6.45) is 0. The van der Waals surface area contributed by atoms with Crippen LogP contribution in [0.1, 0.15) is 19.4 Å². The van der Waals surface area contributed by atoms with Gasteiger partial charge in [0.2, 0.25) is 10.0 Å². The molecular formula is C12H18BrNO3S. The van der Waals surface area contributed by atoms with E-state index in [4.69, 9.17) is 0 Å². The number of benzene rings is 1. The van der Waals surface area contributed by atoms with Gasteiger partial charge in [-0.05, 0) is 44.5 Å². The molecule has 0 fully saturated rings. The Balaban J connectivity index is 3.26. The first kappa shape index (κ1) is 15.6. The van der Waals surface area contributed by atoms with Gasteiger partial charge in [0.1, 0.15) is 0 Å². The van der Waals surface area contributed by atoms with E-state index in [0.29, 0.717) is 0 Å². The Bertz CT molecular complexity index is 540. The third-order valence-corrected chi connectivity index (χ3v) is 5.98. The topological polar surface area (TPSA) is 57.6 Å². The van der Waals surface area contributed by atoms with Gasteiger partial charge in [-0.2, -0.15) is 4.31 Å². The Morgan fingerprint density at radius 2 is 1.94 bits per heavy atom. The second-order valence-electron chi connectivity index (χ2n) is 4.85. The number of aliphatic hydroxyl groups is 1. The van der Waals surface area contributed by atoms with Gasteiger partial charge in [-0.25, -0.2) is 8.42 Å². The number of sulfonamides is 1. The van der Waals surface area contributed by atoms with Gasteiger partial charge in [0.05, 0.1) is 17.0 Å². The quantitative estimate of drug-likeness (QED) is 0.917. The van der Waals surface area contributed by atoms with Crippen LogP contribution in [0.2, 0.25) is 0 Å². The van der Waals surface area contributed by atoms with Crippen LogP contribution >= 0.6 is 15.9 Å². The predicted molar refractivity (Wildman–Crippen MR) is 75.0 cm³/mol. The van der Waals surface area contributed by atoms with Crippen molar-refractivity contribution in [2.75, 3.05) is 13.7 Å². The molecule has 4 nitrogen and oxygen atoms in total. The maximum atomic E-state index is 12.4. The van der Waals surface area contributed by atoms with Gasteiger partial charge in [-0.15, -0.1) is 0 Å². The highest BCUT2D eigenvalue weighted by Gasteiger charge is 2.33. The number of rotatable bonds is 4. The minimum absolute atomic E-state index is 0.229. The van der Waals surface area contributed by atoms with Crippen LogP contribution < -0.4 is 0 Å². The zero-order valence-electron chi connectivity index (χ0n) is 10.9. The van der Waals surface area contributed by atoms with Gasteiger partial charge < -0.3 is 5.11 Å². The van der Waals surface area contributed by atoms with E-state index < -0.39 is 15.6 Å². The highest BCUT2D eigenvalue weighted by molar-refractivity contribution is 9.10. The Hall–Kier alpha value is -0.430. The number of halogens is 1. The molecule has 1 N–H and O–H groups in total. The Labute approximate surface area is 117 Å². The van der Waals surface area contributed by atoms with Crippen LogP contribution in [0.25, 0.3) is 0 Å². The lowest BCUT2D eigenvalue weighted by Gasteiger charge is -2.32. The van der Waals surface area contributed by atoms with Crippen molar-refractivity contribution in [3.8, 4) is 0 Å². The third-order valence-electron chi connectivity index (χ3n) is 3.03. The summed E-state index contributed by atoms with van der Waals surface area (Å²) < 4.78 is 26.9. The Kier molecular flexibility index (Phi) is 4.59. The van der Waals surface area contributed by atoms with Crippen LogP contribution in [0, 0.1) is 6.92 Å². The van der Waals surface area contributed by atoms with E-state index in [-0.39, 0.29) is 11.5 Å². The van der Waals surface area contributed by atoms with Crippen molar-refractivity contribution in [2.24, 2.45) is 0 Å². The molecule has 1 aromatic rings. The lowest BCUT2D eigenvalue weighted by atomic mass is 10.1. The fourth-order valence-electron chi connectivity index (χ4n) is 1.36. The smallest absolute Gasteiger partial charge is 0.243 e. The molecule has 6 heteroatoms. The molecule has 0 saturated carbocycles. The molecule has 1 rings (SSSR count). The van der Waals surface area contributed by atoms with Crippen molar-refractivity contribution in [3.63, 3.8) is 0 Å². The number of nitrogens with zero attached hydrogens (tertiary/aromatic N) is 1. The maximum absolute atomic E-state index is 12.4. The van der Waals surface area contributed by atoms with Crippen molar-refractivity contribution >= 4 is 26.0 Å². The van der Waals surface area contributed by atoms with E-state index in [1.807, 2.05) is 6.92 Å². The maximum Gasteiger partial charge on any atom is 0.243 e. The molecule has 0 aliphatic rings. The molecule has 102 valence electrons. The molecule has 18 heavy (non-hydrogen) atoms. The molecule has 0 spiro atoms. The van der Waals surface area contributed by atoms with E-state index in [9.17, 15) is 13.5 Å². The standard InChI is InChI=1S/C12H18BrNO3S/c1-9-7-10(5-6-11(9)13)18(16,17)14(4)12(2,3)8-15/h5-7,15H,8H2,1-4H3. The van der Waals surface area contributed by atoms with Gasteiger partial charge in [-0.3, -0.25) is 0 Å². The largest absolute Gasteiger partial charge is 0.394 e. The molecule has 0 bridgehead atoms. The average Bonchev–Trinajstić information content (AvgIpc) is 2.31. The van der Waals surface area contributed by atoms with Gasteiger partial charge in [-0.1, -0.05) is 15.9 Å². The SMILES string of the molecule is Cc1cc(S(=O)(=O)N(C)C(C)(C)CO)ccc1Br. The fourth-order valence-corrected chi connectivity index (χ4v) is 3.20. The second-order valence-corrected chi connectivity index (χ2v) is 7.68. The Morgan fingerprint density at radius 1 is 1.39 bits per heavy atom. The van der Waals surface area contributed by atoms with Crippen LogP contribution in [0.5, 0.6) is 0 Å². The van der Waals surface area contributed by atoms with Crippen molar-refractivity contribution in [2.45, 2.75) is 31.2 Å². The summed E-state index contributed by atoms with van der Waals surface area (Å²) in [5, 5.41) is 9.26. The lowest BCUT2D eigenvalue weighted by Crippen LogP contribution is -2.47. The van der Waals surface area contributed by atoms with Gasteiger partial charge in [0.15, 0.2) is 0 Å². The molecular weight excluding hydrogens is 318 g/mol. The molecule has 1 aromatic carbocycles. The number of likely N-dealkylation sites (N-methyl/N-ethyl adjacent to an activating group) is 1. The summed E-state index contributed by atoms with van der Waals surface area (Å²) in [7, 11) is -2.12. The highest BCUT2D eigenvalue weighted by Crippen LogP contribution is 2.25. The van der Waals surface area contributed by atoms with Crippen LogP contribution in [0.3, 0.4) is 0 Å². The van der Waals surface area contributed by atoms with Crippen molar-refractivity contribution < 1.29 is 13.5 Å². The monoisotopic (exact) mass is 335 g/mol. The number of aliphatic hydroxyl groups excluding tert-OH is 1. The third kappa shape index (κ3) is 2.93. The van der Waals surface area contributed by atoms with Gasteiger partial charge >= 0.3 is 0 Å². The first-order valence-corrected chi connectivity index (χ1v) is 7.72. The molecule has 0 radical (unpaired) electrons. The van der Waals surface area contributed by atoms with E-state index in [2.05, 4.69) is 15.9 Å². The van der Waals surface area contributed by atoms with E-state index in [0.717, 1.165) is 10.0 Å². The summed E-state index contributed by atoms with van der Waals surface area (Å²) in [4.78, 5) is 0.229. The summed E-state index contributed by atoms with van der Waals surface area (Å²) >= 11 is 3.34. The molecule has 0 aromatic heterocycles. The van der Waals surface area contributed by atoms with E-state index in [1.165, 1.54) is 11.4 Å². The molecule has 0 atom stereocenters. The zero-order valence-corrected chi connectivity index (χ0v) is 13.3. The van der Waals surface area contributed by atoms with E-state index in [1.54, 1.807) is 32.0 Å². The highest BCUT2D eigenvalue weighted by atomic mass is 79.9. The number of hydrogen-bond donors (Lipinski definition) is 1. The molecule has 0 saturated heterocycles. The molecule has 0 heterocycles. The van der Waals surface area contributed by atoms with Crippen LogP contribution in [-0.4, -0.2) is 37.0 Å². The average molecular weight is 336 g/mol. The van der Waals surface area contributed by atoms with Crippen LogP contribution in [-0.2, 0) is 10.0 Å². The van der Waals surface area contributed by atoms with Crippen molar-refractivity contribution in [1.82, 2.24) is 4.31 Å². The molecule has 0 amide bonds. The Morgan fingerprint density at radius 3 is 2.39 bits per heavy atom. The molecule has 0 aliphatic carbocycles.